The Morgan fingerprint density at radius 1 is 0.533 bits per heavy atom. The van der Waals surface area contributed by atoms with Crippen LogP contribution in [0.5, 0.6) is 5.75 Å². The SMILES string of the molecule is C=C(N=C1Oc2ccc(-c3ccc4c(c3)c3c5ccccc5c5ccccc5c3n4-c3ccccc3)cc2/C1=C(/C)c1ccccc1)c1cccc2oc3ccccc3c12. The van der Waals surface area contributed by atoms with Crippen molar-refractivity contribution >= 4 is 88.0 Å². The molecular formula is C56H36N2O2. The van der Waals surface area contributed by atoms with Crippen LogP contribution in [0.25, 0.3) is 98.9 Å². The van der Waals surface area contributed by atoms with E-state index in [2.05, 4.69) is 170 Å². The van der Waals surface area contributed by atoms with Crippen LogP contribution in [0.2, 0.25) is 0 Å². The number of aliphatic imine (C=N–C) groups is 1. The third-order valence-electron chi connectivity index (χ3n) is 12.2. The van der Waals surface area contributed by atoms with Crippen molar-refractivity contribution in [1.29, 1.82) is 0 Å². The zero-order chi connectivity index (χ0) is 39.9. The molecule has 12 rings (SSSR count). The smallest absolute Gasteiger partial charge is 0.228 e. The van der Waals surface area contributed by atoms with E-state index in [1.807, 2.05) is 36.4 Å². The van der Waals surface area contributed by atoms with Crippen LogP contribution in [0, 0.1) is 0 Å². The number of allylic oxidation sites excluding steroid dienone is 1. The molecule has 9 aromatic carbocycles. The van der Waals surface area contributed by atoms with Crippen molar-refractivity contribution in [2.45, 2.75) is 6.92 Å². The first kappa shape index (κ1) is 34.1. The topological polar surface area (TPSA) is 39.7 Å². The van der Waals surface area contributed by atoms with E-state index >= 15 is 0 Å². The summed E-state index contributed by atoms with van der Waals surface area (Å²) in [6, 6.07) is 66.4. The molecule has 4 nitrogen and oxygen atoms in total. The van der Waals surface area contributed by atoms with E-state index in [-0.39, 0.29) is 0 Å². The Kier molecular flexibility index (Phi) is 7.56. The second-order valence-corrected chi connectivity index (χ2v) is 15.5. The predicted molar refractivity (Wildman–Crippen MR) is 251 cm³/mol. The minimum Gasteiger partial charge on any atom is -0.456 e. The van der Waals surface area contributed by atoms with Crippen LogP contribution < -0.4 is 4.74 Å². The Balaban J connectivity index is 1.05. The van der Waals surface area contributed by atoms with Gasteiger partial charge in [-0.05, 0) is 93.9 Å². The Hall–Kier alpha value is -7.95. The molecule has 11 aromatic rings. The number of benzene rings is 9. The number of fused-ring (bicyclic) bond motifs is 12. The lowest BCUT2D eigenvalue weighted by Gasteiger charge is -2.12. The molecule has 282 valence electrons. The fraction of sp³-hybridized carbons (Fsp3) is 0.0179. The van der Waals surface area contributed by atoms with Gasteiger partial charge in [0.1, 0.15) is 16.9 Å². The van der Waals surface area contributed by atoms with Gasteiger partial charge in [0, 0.05) is 43.7 Å². The molecule has 4 heteroatoms. The second-order valence-electron chi connectivity index (χ2n) is 15.5. The Morgan fingerprint density at radius 3 is 1.97 bits per heavy atom. The normalized spacial score (nSPS) is 14.2. The van der Waals surface area contributed by atoms with Crippen molar-refractivity contribution < 1.29 is 9.15 Å². The van der Waals surface area contributed by atoms with Gasteiger partial charge in [-0.25, -0.2) is 4.99 Å². The lowest BCUT2D eigenvalue weighted by Crippen LogP contribution is -2.05. The molecular weight excluding hydrogens is 733 g/mol. The predicted octanol–water partition coefficient (Wildman–Crippen LogP) is 15.0. The number of aromatic nitrogens is 1. The quantitative estimate of drug-likeness (QED) is 0.164. The van der Waals surface area contributed by atoms with E-state index in [0.717, 1.165) is 72.3 Å². The third kappa shape index (κ3) is 5.14. The first-order valence-corrected chi connectivity index (χ1v) is 20.3. The maximum Gasteiger partial charge on any atom is 0.228 e. The molecule has 0 saturated carbocycles. The average molecular weight is 769 g/mol. The molecule has 0 saturated heterocycles. The molecule has 3 heterocycles. The highest BCUT2D eigenvalue weighted by Crippen LogP contribution is 2.46. The van der Waals surface area contributed by atoms with Gasteiger partial charge in [0.2, 0.25) is 5.90 Å². The van der Waals surface area contributed by atoms with Gasteiger partial charge in [-0.3, -0.25) is 0 Å². The second kappa shape index (κ2) is 13.3. The van der Waals surface area contributed by atoms with Gasteiger partial charge in [-0.2, -0.15) is 0 Å². The van der Waals surface area contributed by atoms with Crippen molar-refractivity contribution in [3.8, 4) is 22.6 Å². The van der Waals surface area contributed by atoms with Gasteiger partial charge in [0.05, 0.1) is 22.3 Å². The van der Waals surface area contributed by atoms with Gasteiger partial charge in [-0.1, -0.05) is 146 Å². The van der Waals surface area contributed by atoms with Gasteiger partial charge in [-0.15, -0.1) is 0 Å². The largest absolute Gasteiger partial charge is 0.456 e. The van der Waals surface area contributed by atoms with Gasteiger partial charge in [0.25, 0.3) is 0 Å². The Labute approximate surface area is 346 Å². The highest BCUT2D eigenvalue weighted by molar-refractivity contribution is 6.33. The van der Waals surface area contributed by atoms with Crippen molar-refractivity contribution in [2.75, 3.05) is 0 Å². The van der Waals surface area contributed by atoms with Crippen LogP contribution in [-0.4, -0.2) is 10.5 Å². The number of rotatable bonds is 5. The molecule has 0 spiro atoms. The average Bonchev–Trinajstić information content (AvgIpc) is 3.98. The van der Waals surface area contributed by atoms with E-state index in [4.69, 9.17) is 14.1 Å². The molecule has 0 bridgehead atoms. The summed E-state index contributed by atoms with van der Waals surface area (Å²) in [7, 11) is 0. The summed E-state index contributed by atoms with van der Waals surface area (Å²) in [5, 5.41) is 9.48. The summed E-state index contributed by atoms with van der Waals surface area (Å²) < 4.78 is 15.4. The molecule has 2 aromatic heterocycles. The van der Waals surface area contributed by atoms with Crippen LogP contribution in [0.3, 0.4) is 0 Å². The van der Waals surface area contributed by atoms with Crippen LogP contribution >= 0.6 is 0 Å². The maximum absolute atomic E-state index is 6.70. The summed E-state index contributed by atoms with van der Waals surface area (Å²) in [6.45, 7) is 6.65. The van der Waals surface area contributed by atoms with Crippen molar-refractivity contribution in [3.63, 3.8) is 0 Å². The number of ether oxygens (including phenoxy) is 1. The monoisotopic (exact) mass is 768 g/mol. The fourth-order valence-electron chi connectivity index (χ4n) is 9.44. The Morgan fingerprint density at radius 2 is 1.17 bits per heavy atom. The Bertz CT molecular complexity index is 3640. The van der Waals surface area contributed by atoms with Crippen LogP contribution in [-0.2, 0) is 0 Å². The minimum absolute atomic E-state index is 0.526. The molecule has 0 aliphatic carbocycles. The van der Waals surface area contributed by atoms with E-state index in [9.17, 15) is 0 Å². The molecule has 0 N–H and O–H groups in total. The minimum atomic E-state index is 0.526. The van der Waals surface area contributed by atoms with Gasteiger partial charge >= 0.3 is 0 Å². The molecule has 1 aliphatic rings. The van der Waals surface area contributed by atoms with Crippen molar-refractivity contribution in [1.82, 2.24) is 4.57 Å². The van der Waals surface area contributed by atoms with E-state index in [1.54, 1.807) is 0 Å². The molecule has 0 fully saturated rings. The number of para-hydroxylation sites is 2. The number of nitrogens with zero attached hydrogens (tertiary/aromatic N) is 2. The first-order valence-electron chi connectivity index (χ1n) is 20.3. The lowest BCUT2D eigenvalue weighted by molar-refractivity contribution is 0.571. The van der Waals surface area contributed by atoms with Crippen LogP contribution in [0.4, 0.5) is 0 Å². The van der Waals surface area contributed by atoms with Gasteiger partial charge < -0.3 is 13.7 Å². The standard InChI is InChI=1S/C56H36N2O2/c1-34(36-16-5-3-6-17-36)52-47-33-38(29-31-50(47)60-56(52)57-35(2)40-25-15-27-51-53(40)45-24-13-14-26-49(45)59-51)37-28-30-48-46(32-37)54-43-22-11-9-20-41(43)42-21-10-12-23-44(42)55(54)58(48)39-18-7-4-8-19-39/h3-33H,2H2,1H3/b52-34+,57-56?. The maximum atomic E-state index is 6.70. The molecule has 0 atom stereocenters. The molecule has 0 radical (unpaired) electrons. The van der Waals surface area contributed by atoms with Crippen LogP contribution in [0.1, 0.15) is 23.6 Å². The highest BCUT2D eigenvalue weighted by Gasteiger charge is 2.29. The van der Waals surface area contributed by atoms with Crippen molar-refractivity contribution in [2.24, 2.45) is 4.99 Å². The zero-order valence-electron chi connectivity index (χ0n) is 32.8. The fourth-order valence-corrected chi connectivity index (χ4v) is 9.44. The first-order chi connectivity index (χ1) is 29.6. The summed E-state index contributed by atoms with van der Waals surface area (Å²) in [4.78, 5) is 5.19. The molecule has 0 amide bonds. The van der Waals surface area contributed by atoms with E-state index in [0.29, 0.717) is 11.6 Å². The summed E-state index contributed by atoms with van der Waals surface area (Å²) in [5.41, 5.74) is 13.0. The summed E-state index contributed by atoms with van der Waals surface area (Å²) in [5.74, 6) is 1.29. The summed E-state index contributed by atoms with van der Waals surface area (Å²) >= 11 is 0. The van der Waals surface area contributed by atoms with Crippen LogP contribution in [0.15, 0.2) is 204 Å². The number of hydrogen-bond donors (Lipinski definition) is 0. The number of furan rings is 1. The zero-order valence-corrected chi connectivity index (χ0v) is 32.8. The molecule has 60 heavy (non-hydrogen) atoms. The third-order valence-corrected chi connectivity index (χ3v) is 12.2. The lowest BCUT2D eigenvalue weighted by atomic mass is 9.93. The summed E-state index contributed by atoms with van der Waals surface area (Å²) in [6.07, 6.45) is 0. The molecule has 1 aliphatic heterocycles. The number of hydrogen-bond acceptors (Lipinski definition) is 3. The van der Waals surface area contributed by atoms with E-state index < -0.39 is 0 Å². The van der Waals surface area contributed by atoms with Crippen molar-refractivity contribution in [3.05, 3.63) is 211 Å². The van der Waals surface area contributed by atoms with Gasteiger partial charge in [0.15, 0.2) is 0 Å². The van der Waals surface area contributed by atoms with E-state index in [1.165, 1.54) is 43.4 Å². The molecule has 0 unspecified atom stereocenters. The highest BCUT2D eigenvalue weighted by atomic mass is 16.5.